The first kappa shape index (κ1) is 17.1. The summed E-state index contributed by atoms with van der Waals surface area (Å²) < 4.78 is 0. The number of carbonyl (C=O) groups is 2. The summed E-state index contributed by atoms with van der Waals surface area (Å²) in [5, 5.41) is 0. The molecular weight excluding hydrogens is 334 g/mol. The van der Waals surface area contributed by atoms with Crippen molar-refractivity contribution in [2.45, 2.75) is 32.1 Å². The quantitative estimate of drug-likeness (QED) is 0.831. The number of likely N-dealkylation sites (tertiary alicyclic amines) is 2. The molecule has 3 aliphatic heterocycles. The normalized spacial score (nSPS) is 23.4. The highest BCUT2D eigenvalue weighted by molar-refractivity contribution is 5.84. The second-order valence-corrected chi connectivity index (χ2v) is 7.58. The zero-order chi connectivity index (χ0) is 18.3. The van der Waals surface area contributed by atoms with E-state index in [1.165, 1.54) is 6.92 Å². The molecule has 140 valence electrons. The van der Waals surface area contributed by atoms with Crippen molar-refractivity contribution in [3.8, 4) is 0 Å². The molecule has 1 N–H and O–H groups in total. The Morgan fingerprint density at radius 1 is 1.12 bits per heavy atom. The van der Waals surface area contributed by atoms with Crippen molar-refractivity contribution in [2.24, 2.45) is 5.92 Å². The lowest BCUT2D eigenvalue weighted by atomic mass is 9.98. The summed E-state index contributed by atoms with van der Waals surface area (Å²) in [6.07, 6.45) is 3.07. The molecule has 0 spiro atoms. The van der Waals surface area contributed by atoms with Gasteiger partial charge in [-0.1, -0.05) is 0 Å². The van der Waals surface area contributed by atoms with Gasteiger partial charge in [-0.2, -0.15) is 0 Å². The van der Waals surface area contributed by atoms with Gasteiger partial charge in [0.25, 0.3) is 5.56 Å². The van der Waals surface area contributed by atoms with Crippen LogP contribution in [0.25, 0.3) is 0 Å². The van der Waals surface area contributed by atoms with Crippen LogP contribution in [0.3, 0.4) is 0 Å². The minimum atomic E-state index is -0.127. The number of amides is 2. The fourth-order valence-corrected chi connectivity index (χ4v) is 4.10. The molecule has 0 aliphatic carbocycles. The van der Waals surface area contributed by atoms with Crippen LogP contribution < -0.4 is 10.5 Å². The maximum Gasteiger partial charge on any atom is 0.252 e. The molecule has 3 saturated heterocycles. The van der Waals surface area contributed by atoms with E-state index in [-0.39, 0.29) is 29.2 Å². The van der Waals surface area contributed by atoms with Gasteiger partial charge in [-0.05, 0) is 19.3 Å². The Kier molecular flexibility index (Phi) is 4.42. The third-order valence-electron chi connectivity index (χ3n) is 5.75. The van der Waals surface area contributed by atoms with Gasteiger partial charge in [0.1, 0.15) is 0 Å². The van der Waals surface area contributed by atoms with Crippen LogP contribution >= 0.6 is 0 Å². The zero-order valence-electron chi connectivity index (χ0n) is 15.1. The largest absolute Gasteiger partial charge is 0.342 e. The molecular formula is C18H25N5O3. The average Bonchev–Trinajstić information content (AvgIpc) is 3.24. The highest BCUT2D eigenvalue weighted by Gasteiger charge is 2.39. The molecule has 1 atom stereocenters. The predicted molar refractivity (Wildman–Crippen MR) is 96.0 cm³/mol. The number of aromatic amines is 1. The highest BCUT2D eigenvalue weighted by Crippen LogP contribution is 2.29. The Bertz CT molecular complexity index is 764. The van der Waals surface area contributed by atoms with Crippen LogP contribution in [0.4, 0.5) is 5.95 Å². The number of nitrogens with zero attached hydrogens (tertiary/aromatic N) is 4. The Morgan fingerprint density at radius 3 is 2.54 bits per heavy atom. The van der Waals surface area contributed by atoms with Gasteiger partial charge in [0, 0.05) is 58.2 Å². The van der Waals surface area contributed by atoms with Crippen molar-refractivity contribution >= 4 is 17.8 Å². The summed E-state index contributed by atoms with van der Waals surface area (Å²) in [5.41, 5.74) is 0.655. The number of anilines is 1. The molecule has 4 rings (SSSR count). The molecule has 0 radical (unpaired) electrons. The van der Waals surface area contributed by atoms with Gasteiger partial charge in [0.05, 0.1) is 11.6 Å². The minimum absolute atomic E-state index is 0.0236. The molecule has 1 aromatic rings. The lowest BCUT2D eigenvalue weighted by molar-refractivity contribution is -0.146. The maximum absolute atomic E-state index is 12.6. The number of aromatic nitrogens is 2. The van der Waals surface area contributed by atoms with Gasteiger partial charge in [-0.3, -0.25) is 19.4 Å². The Hall–Kier alpha value is -2.38. The molecule has 2 amide bonds. The van der Waals surface area contributed by atoms with Crippen molar-refractivity contribution in [3.63, 3.8) is 0 Å². The summed E-state index contributed by atoms with van der Waals surface area (Å²) >= 11 is 0. The fourth-order valence-electron chi connectivity index (χ4n) is 4.10. The van der Waals surface area contributed by atoms with Gasteiger partial charge >= 0.3 is 0 Å². The highest BCUT2D eigenvalue weighted by atomic mass is 16.2. The Morgan fingerprint density at radius 2 is 1.85 bits per heavy atom. The van der Waals surface area contributed by atoms with Crippen LogP contribution in [-0.4, -0.2) is 70.9 Å². The molecule has 0 saturated carbocycles. The van der Waals surface area contributed by atoms with Crippen LogP contribution in [0.15, 0.2) is 10.9 Å². The first-order chi connectivity index (χ1) is 12.5. The predicted octanol–water partition coefficient (Wildman–Crippen LogP) is 0.164. The van der Waals surface area contributed by atoms with Gasteiger partial charge in [-0.25, -0.2) is 4.98 Å². The maximum atomic E-state index is 12.6. The Labute approximate surface area is 152 Å². The molecule has 26 heavy (non-hydrogen) atoms. The number of rotatable bonds is 3. The fraction of sp³-hybridized carbons (Fsp3) is 0.667. The molecule has 1 aromatic heterocycles. The standard InChI is InChI=1S/C18H25N5O3/c1-12(24)23-10-14(11-23)17(26)22-7-4-13(9-22)15-8-16(25)20-18(19-15)21-5-2-3-6-21/h8,13-14H,2-7,9-11H2,1H3,(H,19,20,25). The molecule has 0 bridgehead atoms. The molecule has 4 heterocycles. The van der Waals surface area contributed by atoms with E-state index in [0.29, 0.717) is 32.1 Å². The van der Waals surface area contributed by atoms with E-state index in [9.17, 15) is 14.4 Å². The first-order valence-electron chi connectivity index (χ1n) is 9.42. The zero-order valence-corrected chi connectivity index (χ0v) is 15.1. The summed E-state index contributed by atoms with van der Waals surface area (Å²) in [7, 11) is 0. The van der Waals surface area contributed by atoms with Crippen LogP contribution in [0.5, 0.6) is 0 Å². The molecule has 1 unspecified atom stereocenters. The second kappa shape index (κ2) is 6.74. The summed E-state index contributed by atoms with van der Waals surface area (Å²) in [6.45, 7) is 5.73. The number of carbonyl (C=O) groups excluding carboxylic acids is 2. The van der Waals surface area contributed by atoms with Crippen LogP contribution in [0.1, 0.15) is 37.8 Å². The molecule has 3 aliphatic rings. The number of hydrogen-bond acceptors (Lipinski definition) is 5. The van der Waals surface area contributed by atoms with Crippen LogP contribution in [-0.2, 0) is 9.59 Å². The summed E-state index contributed by atoms with van der Waals surface area (Å²) in [5.74, 6) is 0.826. The number of nitrogens with one attached hydrogen (secondary N) is 1. The van der Waals surface area contributed by atoms with Crippen molar-refractivity contribution < 1.29 is 9.59 Å². The van der Waals surface area contributed by atoms with Gasteiger partial charge in [0.15, 0.2) is 0 Å². The second-order valence-electron chi connectivity index (χ2n) is 7.58. The van der Waals surface area contributed by atoms with E-state index in [1.807, 2.05) is 4.90 Å². The third-order valence-corrected chi connectivity index (χ3v) is 5.75. The summed E-state index contributed by atoms with van der Waals surface area (Å²) in [6, 6.07) is 1.57. The topological polar surface area (TPSA) is 89.6 Å². The smallest absolute Gasteiger partial charge is 0.252 e. The lowest BCUT2D eigenvalue weighted by Gasteiger charge is -2.39. The van der Waals surface area contributed by atoms with E-state index >= 15 is 0 Å². The SMILES string of the molecule is CC(=O)N1CC(C(=O)N2CCC(c3cc(=O)[nH]c(N4CCCC4)n3)C2)C1. The molecule has 8 heteroatoms. The summed E-state index contributed by atoms with van der Waals surface area (Å²) in [4.78, 5) is 49.2. The van der Waals surface area contributed by atoms with E-state index in [0.717, 1.165) is 38.0 Å². The minimum Gasteiger partial charge on any atom is -0.342 e. The average molecular weight is 359 g/mol. The van der Waals surface area contributed by atoms with Crippen molar-refractivity contribution in [3.05, 3.63) is 22.1 Å². The number of hydrogen-bond donors (Lipinski definition) is 1. The van der Waals surface area contributed by atoms with E-state index < -0.39 is 0 Å². The number of H-pyrrole nitrogens is 1. The monoisotopic (exact) mass is 359 g/mol. The first-order valence-corrected chi connectivity index (χ1v) is 9.42. The third kappa shape index (κ3) is 3.20. The van der Waals surface area contributed by atoms with Crippen LogP contribution in [0.2, 0.25) is 0 Å². The van der Waals surface area contributed by atoms with Crippen LogP contribution in [0, 0.1) is 5.92 Å². The molecule has 3 fully saturated rings. The lowest BCUT2D eigenvalue weighted by Crippen LogP contribution is -2.55. The van der Waals surface area contributed by atoms with E-state index in [4.69, 9.17) is 0 Å². The van der Waals surface area contributed by atoms with E-state index in [1.54, 1.807) is 11.0 Å². The van der Waals surface area contributed by atoms with Gasteiger partial charge in [0.2, 0.25) is 17.8 Å². The van der Waals surface area contributed by atoms with E-state index in [2.05, 4.69) is 14.9 Å². The Balaban J connectivity index is 1.41. The van der Waals surface area contributed by atoms with Gasteiger partial charge < -0.3 is 14.7 Å². The van der Waals surface area contributed by atoms with Crippen molar-refractivity contribution in [1.29, 1.82) is 0 Å². The van der Waals surface area contributed by atoms with Gasteiger partial charge in [-0.15, -0.1) is 0 Å². The van der Waals surface area contributed by atoms with Crippen molar-refractivity contribution in [2.75, 3.05) is 44.2 Å². The van der Waals surface area contributed by atoms with Crippen molar-refractivity contribution in [1.82, 2.24) is 19.8 Å². The molecule has 8 nitrogen and oxygen atoms in total. The molecule has 0 aromatic carbocycles.